The predicted molar refractivity (Wildman–Crippen MR) is 83.0 cm³/mol. The molecule has 1 aliphatic rings. The van der Waals surface area contributed by atoms with Crippen LogP contribution in [-0.4, -0.2) is 40.5 Å². The van der Waals surface area contributed by atoms with Crippen LogP contribution in [0, 0.1) is 5.41 Å². The molecule has 0 saturated carbocycles. The van der Waals surface area contributed by atoms with Crippen LogP contribution in [0.2, 0.25) is 0 Å². The number of hydrogen-bond donors (Lipinski definition) is 2. The van der Waals surface area contributed by atoms with Gasteiger partial charge in [-0.15, -0.1) is 0 Å². The van der Waals surface area contributed by atoms with E-state index in [1.54, 1.807) is 11.0 Å². The summed E-state index contributed by atoms with van der Waals surface area (Å²) < 4.78 is 11.2. The van der Waals surface area contributed by atoms with Gasteiger partial charge in [0.25, 0.3) is 6.02 Å². The van der Waals surface area contributed by atoms with Crippen LogP contribution in [0.3, 0.4) is 0 Å². The van der Waals surface area contributed by atoms with Crippen molar-refractivity contribution in [3.05, 3.63) is 17.7 Å². The van der Waals surface area contributed by atoms with E-state index in [1.165, 1.54) is 6.07 Å². The van der Waals surface area contributed by atoms with Crippen LogP contribution < -0.4 is 9.47 Å². The maximum absolute atomic E-state index is 12.1. The molecule has 0 atom stereocenters. The zero-order valence-electron chi connectivity index (χ0n) is 13.4. The molecule has 1 aromatic carbocycles. The molecule has 0 aromatic heterocycles. The van der Waals surface area contributed by atoms with E-state index in [2.05, 4.69) is 0 Å². The Balaban J connectivity index is 2.32. The maximum Gasteiger partial charge on any atom is 0.289 e. The molecule has 0 fully saturated rings. The molecule has 0 spiro atoms. The van der Waals surface area contributed by atoms with Gasteiger partial charge in [-0.05, 0) is 27.7 Å². The number of ether oxygens (including phenoxy) is 2. The summed E-state index contributed by atoms with van der Waals surface area (Å²) in [5.74, 6) is 0.233. The fraction of sp³-hybridized carbons (Fsp3) is 0.500. The van der Waals surface area contributed by atoms with E-state index < -0.39 is 5.60 Å². The highest BCUT2D eigenvalue weighted by Crippen LogP contribution is 2.40. The minimum atomic E-state index is -0.623. The summed E-state index contributed by atoms with van der Waals surface area (Å²) in [7, 11) is 0. The minimum absolute atomic E-state index is 0.00857. The van der Waals surface area contributed by atoms with Gasteiger partial charge in [0, 0.05) is 25.2 Å². The van der Waals surface area contributed by atoms with Gasteiger partial charge in [-0.1, -0.05) is 0 Å². The number of ketones is 1. The van der Waals surface area contributed by atoms with Crippen molar-refractivity contribution >= 4 is 11.8 Å². The molecule has 2 N–H and O–H groups in total. The van der Waals surface area contributed by atoms with Crippen molar-refractivity contribution in [2.45, 2.75) is 39.7 Å². The van der Waals surface area contributed by atoms with E-state index in [9.17, 15) is 9.90 Å². The Hall–Kier alpha value is -2.24. The summed E-state index contributed by atoms with van der Waals surface area (Å²) >= 11 is 0. The molecule has 22 heavy (non-hydrogen) atoms. The van der Waals surface area contributed by atoms with Gasteiger partial charge < -0.3 is 19.5 Å². The predicted octanol–water partition coefficient (Wildman–Crippen LogP) is 2.79. The number of fused-ring (bicyclic) bond motifs is 1. The van der Waals surface area contributed by atoms with Gasteiger partial charge >= 0.3 is 0 Å². The van der Waals surface area contributed by atoms with Gasteiger partial charge in [0.1, 0.15) is 28.4 Å². The number of benzene rings is 1. The first-order valence-corrected chi connectivity index (χ1v) is 7.38. The molecular formula is C16H22N2O4. The number of nitrogens with one attached hydrogen (secondary N) is 1. The Bertz CT molecular complexity index is 606. The molecule has 6 nitrogen and oxygen atoms in total. The van der Waals surface area contributed by atoms with Gasteiger partial charge in [-0.25, -0.2) is 0 Å². The summed E-state index contributed by atoms with van der Waals surface area (Å²) in [5.41, 5.74) is -0.442. The Kier molecular flexibility index (Phi) is 4.30. The highest BCUT2D eigenvalue weighted by atomic mass is 16.5. The lowest BCUT2D eigenvalue weighted by atomic mass is 9.92. The summed E-state index contributed by atoms with van der Waals surface area (Å²) in [4.78, 5) is 13.9. The van der Waals surface area contributed by atoms with Gasteiger partial charge in [0.15, 0.2) is 5.78 Å². The summed E-state index contributed by atoms with van der Waals surface area (Å²) in [6, 6.07) is 2.88. The quantitative estimate of drug-likeness (QED) is 0.663. The lowest BCUT2D eigenvalue weighted by Gasteiger charge is -2.32. The van der Waals surface area contributed by atoms with Crippen LogP contribution in [0.5, 0.6) is 17.2 Å². The first-order valence-electron chi connectivity index (χ1n) is 7.38. The Morgan fingerprint density at radius 3 is 2.64 bits per heavy atom. The number of Topliss-reactive ketones (excluding diaryl/α,β-unsaturated/α-hetero) is 1. The molecule has 0 bridgehead atoms. The van der Waals surface area contributed by atoms with Crippen LogP contribution in [0.4, 0.5) is 0 Å². The average molecular weight is 306 g/mol. The third-order valence-electron chi connectivity index (χ3n) is 3.57. The second kappa shape index (κ2) is 5.87. The molecule has 0 unspecified atom stereocenters. The minimum Gasteiger partial charge on any atom is -0.507 e. The Labute approximate surface area is 130 Å². The summed E-state index contributed by atoms with van der Waals surface area (Å²) in [5, 5.41) is 18.0. The molecule has 1 heterocycles. The fourth-order valence-corrected chi connectivity index (χ4v) is 2.49. The topological polar surface area (TPSA) is 82.9 Å². The summed E-state index contributed by atoms with van der Waals surface area (Å²) in [6.07, 6.45) is 0.211. The SMILES string of the molecule is CCN(CC)C(=N)Oc1cc(O)c2c(c1)OC(C)(C)CC2=O. The van der Waals surface area contributed by atoms with Crippen molar-refractivity contribution in [2.24, 2.45) is 0 Å². The van der Waals surface area contributed by atoms with Crippen LogP contribution in [0.15, 0.2) is 12.1 Å². The first-order chi connectivity index (χ1) is 10.3. The number of nitrogens with zero attached hydrogens (tertiary/aromatic N) is 1. The van der Waals surface area contributed by atoms with Gasteiger partial charge in [-0.2, -0.15) is 0 Å². The second-order valence-electron chi connectivity index (χ2n) is 5.86. The van der Waals surface area contributed by atoms with Crippen LogP contribution in [-0.2, 0) is 0 Å². The highest BCUT2D eigenvalue weighted by molar-refractivity contribution is 6.03. The molecule has 1 aliphatic heterocycles. The normalized spacial score (nSPS) is 15.7. The monoisotopic (exact) mass is 306 g/mol. The van der Waals surface area contributed by atoms with E-state index in [1.807, 2.05) is 27.7 Å². The number of carbonyl (C=O) groups is 1. The third kappa shape index (κ3) is 3.16. The molecule has 120 valence electrons. The van der Waals surface area contributed by atoms with Crippen molar-refractivity contribution in [1.29, 1.82) is 5.41 Å². The zero-order valence-corrected chi connectivity index (χ0v) is 13.4. The molecule has 0 saturated heterocycles. The molecular weight excluding hydrogens is 284 g/mol. The standard InChI is InChI=1S/C16H22N2O4/c1-5-18(6-2)15(17)21-10-7-11(19)14-12(20)9-16(3,4)22-13(14)8-10/h7-8,17,19H,5-6,9H2,1-4H3. The number of amidine groups is 1. The van der Waals surface area contributed by atoms with Gasteiger partial charge in [-0.3, -0.25) is 10.2 Å². The van der Waals surface area contributed by atoms with Gasteiger partial charge in [0.2, 0.25) is 0 Å². The van der Waals surface area contributed by atoms with E-state index in [0.717, 1.165) is 0 Å². The molecule has 1 aromatic rings. The number of aromatic hydroxyl groups is 1. The lowest BCUT2D eigenvalue weighted by Crippen LogP contribution is -2.36. The molecule has 0 amide bonds. The zero-order chi connectivity index (χ0) is 16.5. The molecule has 0 radical (unpaired) electrons. The maximum atomic E-state index is 12.1. The number of hydrogen-bond acceptors (Lipinski definition) is 5. The largest absolute Gasteiger partial charge is 0.507 e. The van der Waals surface area contributed by atoms with E-state index in [0.29, 0.717) is 18.8 Å². The van der Waals surface area contributed by atoms with Crippen molar-refractivity contribution in [3.63, 3.8) is 0 Å². The smallest absolute Gasteiger partial charge is 0.289 e. The number of phenolic OH excluding ortho intramolecular Hbond substituents is 1. The second-order valence-corrected chi connectivity index (χ2v) is 5.86. The van der Waals surface area contributed by atoms with Crippen molar-refractivity contribution in [3.8, 4) is 17.2 Å². The summed E-state index contributed by atoms with van der Waals surface area (Å²) in [6.45, 7) is 8.78. The molecule has 2 rings (SSSR count). The average Bonchev–Trinajstić information content (AvgIpc) is 2.37. The number of carbonyl (C=O) groups excluding carboxylic acids is 1. The number of phenols is 1. The van der Waals surface area contributed by atoms with Crippen molar-refractivity contribution in [1.82, 2.24) is 4.90 Å². The van der Waals surface area contributed by atoms with Gasteiger partial charge in [0.05, 0.1) is 6.42 Å². The Morgan fingerprint density at radius 2 is 2.05 bits per heavy atom. The lowest BCUT2D eigenvalue weighted by molar-refractivity contribution is 0.0613. The fourth-order valence-electron chi connectivity index (χ4n) is 2.49. The third-order valence-corrected chi connectivity index (χ3v) is 3.57. The van der Waals surface area contributed by atoms with Crippen LogP contribution in [0.1, 0.15) is 44.5 Å². The molecule has 6 heteroatoms. The van der Waals surface area contributed by atoms with E-state index in [4.69, 9.17) is 14.9 Å². The van der Waals surface area contributed by atoms with Crippen LogP contribution >= 0.6 is 0 Å². The number of rotatable bonds is 3. The first kappa shape index (κ1) is 16.1. The van der Waals surface area contributed by atoms with E-state index in [-0.39, 0.29) is 35.3 Å². The van der Waals surface area contributed by atoms with Crippen LogP contribution in [0.25, 0.3) is 0 Å². The molecule has 0 aliphatic carbocycles. The Morgan fingerprint density at radius 1 is 1.41 bits per heavy atom. The highest BCUT2D eigenvalue weighted by Gasteiger charge is 2.35. The van der Waals surface area contributed by atoms with Crippen molar-refractivity contribution in [2.75, 3.05) is 13.1 Å². The van der Waals surface area contributed by atoms with Crippen molar-refractivity contribution < 1.29 is 19.4 Å². The van der Waals surface area contributed by atoms with E-state index >= 15 is 0 Å².